The molecule has 0 aliphatic heterocycles. The fourth-order valence-corrected chi connectivity index (χ4v) is 2.95. The van der Waals surface area contributed by atoms with Crippen LogP contribution in [0.2, 0.25) is 0 Å². The van der Waals surface area contributed by atoms with E-state index in [1.165, 1.54) is 25.6 Å². The van der Waals surface area contributed by atoms with Gasteiger partial charge in [-0.25, -0.2) is 9.97 Å². The molecule has 1 aromatic heterocycles. The van der Waals surface area contributed by atoms with Gasteiger partial charge in [-0.15, -0.1) is 0 Å². The first-order chi connectivity index (χ1) is 11.8. The summed E-state index contributed by atoms with van der Waals surface area (Å²) in [7, 11) is 1.57. The normalized spacial score (nSPS) is 14.9. The van der Waals surface area contributed by atoms with Gasteiger partial charge in [0.25, 0.3) is 5.91 Å². The molecule has 3 rings (SSSR count). The summed E-state index contributed by atoms with van der Waals surface area (Å²) in [5.74, 6) is 1.02. The van der Waals surface area contributed by atoms with Gasteiger partial charge in [0.05, 0.1) is 12.8 Å². The van der Waals surface area contributed by atoms with Crippen LogP contribution in [0.3, 0.4) is 0 Å². The van der Waals surface area contributed by atoms with Gasteiger partial charge in [-0.05, 0) is 25.0 Å². The lowest BCUT2D eigenvalue weighted by atomic mass is 9.95. The Morgan fingerprint density at radius 2 is 1.96 bits per heavy atom. The Balaban J connectivity index is 1.69. The van der Waals surface area contributed by atoms with Crippen LogP contribution in [0.4, 0.5) is 11.5 Å². The maximum Gasteiger partial charge on any atom is 0.274 e. The molecule has 1 aliphatic rings. The van der Waals surface area contributed by atoms with Gasteiger partial charge in [0.1, 0.15) is 23.6 Å². The molecule has 1 fully saturated rings. The average molecular weight is 326 g/mol. The van der Waals surface area contributed by atoms with E-state index in [1.54, 1.807) is 25.3 Å². The lowest BCUT2D eigenvalue weighted by molar-refractivity contribution is 0.102. The summed E-state index contributed by atoms with van der Waals surface area (Å²) in [6.07, 6.45) is 7.49. The number of nitrogens with zero attached hydrogens (tertiary/aromatic N) is 2. The summed E-state index contributed by atoms with van der Waals surface area (Å²) in [6.45, 7) is 0. The Kier molecular flexibility index (Phi) is 5.25. The van der Waals surface area contributed by atoms with Crippen molar-refractivity contribution in [3.63, 3.8) is 0 Å². The van der Waals surface area contributed by atoms with Crippen LogP contribution in [0.5, 0.6) is 5.75 Å². The largest absolute Gasteiger partial charge is 0.495 e. The van der Waals surface area contributed by atoms with Gasteiger partial charge in [0.15, 0.2) is 0 Å². The molecule has 0 bridgehead atoms. The zero-order chi connectivity index (χ0) is 16.8. The van der Waals surface area contributed by atoms with Crippen molar-refractivity contribution in [2.75, 3.05) is 17.7 Å². The van der Waals surface area contributed by atoms with Gasteiger partial charge < -0.3 is 15.4 Å². The number of ether oxygens (including phenoxy) is 1. The van der Waals surface area contributed by atoms with E-state index in [0.29, 0.717) is 29.0 Å². The standard InChI is InChI=1S/C18H22N4O2/c1-24-16-10-6-5-9-14(16)22-18(23)15-11-17(20-12-19-15)21-13-7-3-2-4-8-13/h5-6,9-13H,2-4,7-8H2,1H3,(H,22,23)(H,19,20,21). The summed E-state index contributed by atoms with van der Waals surface area (Å²) in [5.41, 5.74) is 0.944. The van der Waals surface area contributed by atoms with Gasteiger partial charge in [-0.2, -0.15) is 0 Å². The topological polar surface area (TPSA) is 76.1 Å². The van der Waals surface area contributed by atoms with E-state index in [1.807, 2.05) is 12.1 Å². The molecule has 6 nitrogen and oxygen atoms in total. The number of amides is 1. The second-order valence-corrected chi connectivity index (χ2v) is 5.92. The summed E-state index contributed by atoms with van der Waals surface area (Å²) in [4.78, 5) is 20.8. The van der Waals surface area contributed by atoms with Crippen LogP contribution in [0.25, 0.3) is 0 Å². The number of carbonyl (C=O) groups is 1. The van der Waals surface area contributed by atoms with Gasteiger partial charge in [-0.3, -0.25) is 4.79 Å². The number of anilines is 2. The van der Waals surface area contributed by atoms with Crippen LogP contribution in [0.15, 0.2) is 36.7 Å². The Hall–Kier alpha value is -2.63. The van der Waals surface area contributed by atoms with Crippen molar-refractivity contribution in [3.8, 4) is 5.75 Å². The van der Waals surface area contributed by atoms with Gasteiger partial charge in [0.2, 0.25) is 0 Å². The molecule has 0 saturated heterocycles. The van der Waals surface area contributed by atoms with Gasteiger partial charge >= 0.3 is 0 Å². The maximum atomic E-state index is 12.4. The maximum absolute atomic E-state index is 12.4. The second-order valence-electron chi connectivity index (χ2n) is 5.92. The third-order valence-corrected chi connectivity index (χ3v) is 4.21. The van der Waals surface area contributed by atoms with E-state index < -0.39 is 0 Å². The number of rotatable bonds is 5. The van der Waals surface area contributed by atoms with Crippen molar-refractivity contribution in [1.29, 1.82) is 0 Å². The van der Waals surface area contributed by atoms with Crippen LogP contribution in [0.1, 0.15) is 42.6 Å². The first kappa shape index (κ1) is 16.2. The molecule has 6 heteroatoms. The number of hydrogen-bond donors (Lipinski definition) is 2. The lowest BCUT2D eigenvalue weighted by Crippen LogP contribution is -2.23. The number of para-hydroxylation sites is 2. The van der Waals surface area contributed by atoms with E-state index in [4.69, 9.17) is 4.74 Å². The molecule has 1 aromatic carbocycles. The van der Waals surface area contributed by atoms with Gasteiger partial charge in [0, 0.05) is 12.1 Å². The number of methoxy groups -OCH3 is 1. The van der Waals surface area contributed by atoms with Crippen LogP contribution < -0.4 is 15.4 Å². The molecule has 0 atom stereocenters. The minimum absolute atomic E-state index is 0.284. The number of carbonyl (C=O) groups excluding carboxylic acids is 1. The Labute approximate surface area is 141 Å². The van der Waals surface area contributed by atoms with Crippen molar-refractivity contribution in [1.82, 2.24) is 9.97 Å². The van der Waals surface area contributed by atoms with E-state index in [9.17, 15) is 4.79 Å². The lowest BCUT2D eigenvalue weighted by Gasteiger charge is -2.23. The highest BCUT2D eigenvalue weighted by atomic mass is 16.5. The van der Waals surface area contributed by atoms with Crippen molar-refractivity contribution >= 4 is 17.4 Å². The SMILES string of the molecule is COc1ccccc1NC(=O)c1cc(NC2CCCCC2)ncn1. The fourth-order valence-electron chi connectivity index (χ4n) is 2.95. The first-order valence-electron chi connectivity index (χ1n) is 8.29. The van der Waals surface area contributed by atoms with E-state index >= 15 is 0 Å². The van der Waals surface area contributed by atoms with Crippen LogP contribution in [-0.4, -0.2) is 29.0 Å². The first-order valence-corrected chi connectivity index (χ1v) is 8.29. The highest BCUT2D eigenvalue weighted by Crippen LogP contribution is 2.24. The number of hydrogen-bond acceptors (Lipinski definition) is 5. The molecule has 24 heavy (non-hydrogen) atoms. The molecule has 0 radical (unpaired) electrons. The van der Waals surface area contributed by atoms with Crippen LogP contribution in [0, 0.1) is 0 Å². The van der Waals surface area contributed by atoms with Crippen molar-refractivity contribution in [2.24, 2.45) is 0 Å². The minimum atomic E-state index is -0.284. The predicted octanol–water partition coefficient (Wildman–Crippen LogP) is 3.48. The summed E-state index contributed by atoms with van der Waals surface area (Å²) < 4.78 is 5.25. The molecule has 0 spiro atoms. The molecule has 2 aromatic rings. The smallest absolute Gasteiger partial charge is 0.274 e. The highest BCUT2D eigenvalue weighted by Gasteiger charge is 2.15. The summed E-state index contributed by atoms with van der Waals surface area (Å²) in [6, 6.07) is 9.41. The Morgan fingerprint density at radius 1 is 1.17 bits per heavy atom. The summed E-state index contributed by atoms with van der Waals surface area (Å²) >= 11 is 0. The number of nitrogens with one attached hydrogen (secondary N) is 2. The molecular weight excluding hydrogens is 304 g/mol. The van der Waals surface area contributed by atoms with Crippen LogP contribution >= 0.6 is 0 Å². The molecule has 2 N–H and O–H groups in total. The van der Waals surface area contributed by atoms with Crippen molar-refractivity contribution in [2.45, 2.75) is 38.1 Å². The molecular formula is C18H22N4O2. The zero-order valence-corrected chi connectivity index (χ0v) is 13.8. The minimum Gasteiger partial charge on any atom is -0.495 e. The summed E-state index contributed by atoms with van der Waals surface area (Å²) in [5, 5.41) is 6.23. The van der Waals surface area contributed by atoms with E-state index in [2.05, 4.69) is 20.6 Å². The quantitative estimate of drug-likeness (QED) is 0.879. The third kappa shape index (κ3) is 4.01. The second kappa shape index (κ2) is 7.77. The Morgan fingerprint density at radius 3 is 2.75 bits per heavy atom. The average Bonchev–Trinajstić information content (AvgIpc) is 2.63. The third-order valence-electron chi connectivity index (χ3n) is 4.21. The van der Waals surface area contributed by atoms with Gasteiger partial charge in [-0.1, -0.05) is 31.4 Å². The molecule has 126 valence electrons. The van der Waals surface area contributed by atoms with E-state index in [-0.39, 0.29) is 5.91 Å². The number of benzene rings is 1. The molecule has 1 saturated carbocycles. The zero-order valence-electron chi connectivity index (χ0n) is 13.8. The Bertz CT molecular complexity index is 699. The van der Waals surface area contributed by atoms with Crippen molar-refractivity contribution < 1.29 is 9.53 Å². The van der Waals surface area contributed by atoms with Crippen LogP contribution in [-0.2, 0) is 0 Å². The molecule has 1 heterocycles. The highest BCUT2D eigenvalue weighted by molar-refractivity contribution is 6.04. The fraction of sp³-hybridized carbons (Fsp3) is 0.389. The molecule has 0 unspecified atom stereocenters. The molecule has 1 aliphatic carbocycles. The van der Waals surface area contributed by atoms with Crippen molar-refractivity contribution in [3.05, 3.63) is 42.4 Å². The number of aromatic nitrogens is 2. The monoisotopic (exact) mass is 326 g/mol. The molecule has 1 amide bonds. The van der Waals surface area contributed by atoms with E-state index in [0.717, 1.165) is 12.8 Å². The predicted molar refractivity (Wildman–Crippen MR) is 93.5 cm³/mol.